The third-order valence-corrected chi connectivity index (χ3v) is 7.33. The van der Waals surface area contributed by atoms with Gasteiger partial charge in [0.2, 0.25) is 0 Å². The number of thiazole rings is 1. The molecule has 4 heterocycles. The van der Waals surface area contributed by atoms with E-state index in [-0.39, 0.29) is 5.91 Å². The molecule has 2 unspecified atom stereocenters. The highest BCUT2D eigenvalue weighted by molar-refractivity contribution is 7.22. The van der Waals surface area contributed by atoms with Crippen LogP contribution in [0.5, 0.6) is 0 Å². The summed E-state index contributed by atoms with van der Waals surface area (Å²) in [5.41, 5.74) is 1.73. The van der Waals surface area contributed by atoms with E-state index in [0.29, 0.717) is 23.8 Å². The van der Waals surface area contributed by atoms with Gasteiger partial charge in [-0.1, -0.05) is 23.5 Å². The minimum absolute atomic E-state index is 0.150. The Morgan fingerprint density at radius 2 is 2.10 bits per heavy atom. The van der Waals surface area contributed by atoms with Gasteiger partial charge in [0, 0.05) is 31.2 Å². The molecular weight excluding hydrogens is 384 g/mol. The Kier molecular flexibility index (Phi) is 3.84. The first-order valence-corrected chi connectivity index (χ1v) is 10.8. The molecule has 4 aromatic rings. The minimum Gasteiger partial charge on any atom is -0.449 e. The van der Waals surface area contributed by atoms with Crippen LogP contribution in [0.3, 0.4) is 0 Å². The number of nitrogens with one attached hydrogen (secondary N) is 1. The van der Waals surface area contributed by atoms with Crippen LogP contribution in [-0.2, 0) is 0 Å². The lowest BCUT2D eigenvalue weighted by atomic mass is 10.2. The van der Waals surface area contributed by atoms with Crippen molar-refractivity contribution >= 4 is 43.6 Å². The highest BCUT2D eigenvalue weighted by Crippen LogP contribution is 2.54. The van der Waals surface area contributed by atoms with Gasteiger partial charge in [-0.2, -0.15) is 0 Å². The Hall–Kier alpha value is -2.93. The third-order valence-electron chi connectivity index (χ3n) is 6.23. The number of hydrogen-bond acceptors (Lipinski definition) is 6. The minimum atomic E-state index is -0.150. The van der Waals surface area contributed by atoms with Gasteiger partial charge in [0.25, 0.3) is 5.91 Å². The van der Waals surface area contributed by atoms with E-state index in [9.17, 15) is 4.79 Å². The van der Waals surface area contributed by atoms with Crippen LogP contribution in [0.2, 0.25) is 0 Å². The Labute approximate surface area is 171 Å². The van der Waals surface area contributed by atoms with Gasteiger partial charge in [0.1, 0.15) is 0 Å². The van der Waals surface area contributed by atoms with Crippen molar-refractivity contribution in [2.45, 2.75) is 6.42 Å². The molecule has 6 nitrogen and oxygen atoms in total. The molecule has 29 heavy (non-hydrogen) atoms. The van der Waals surface area contributed by atoms with Crippen LogP contribution in [0.1, 0.15) is 17.0 Å². The van der Waals surface area contributed by atoms with E-state index in [1.165, 1.54) is 4.70 Å². The largest absolute Gasteiger partial charge is 0.449 e. The van der Waals surface area contributed by atoms with E-state index in [1.807, 2.05) is 12.1 Å². The molecule has 146 valence electrons. The fourth-order valence-corrected chi connectivity index (χ4v) is 5.65. The van der Waals surface area contributed by atoms with E-state index in [0.717, 1.165) is 47.4 Å². The molecule has 0 spiro atoms. The van der Waals surface area contributed by atoms with E-state index in [1.54, 1.807) is 29.8 Å². The molecule has 3 aromatic heterocycles. The quantitative estimate of drug-likeness (QED) is 0.546. The molecule has 1 saturated carbocycles. The SMILES string of the molecule is O=C(NCCC1C2CN(c3nc4ccccc4s3)C[C@H]12)c1cc2ccncc2o1. The maximum Gasteiger partial charge on any atom is 0.287 e. The van der Waals surface area contributed by atoms with E-state index in [4.69, 9.17) is 9.40 Å². The number of amides is 1. The average molecular weight is 404 g/mol. The lowest BCUT2D eigenvalue weighted by Crippen LogP contribution is -2.27. The van der Waals surface area contributed by atoms with Crippen molar-refractivity contribution in [2.24, 2.45) is 17.8 Å². The standard InChI is InChI=1S/C22H20N4O2S/c27-21(18-9-13-5-7-23-10-19(13)28-18)24-8-6-14-15-11-26(12-16(14)15)22-25-17-3-1-2-4-20(17)29-22/h1-5,7,9-10,14-16H,6,8,11-12H2,(H,24,27)/t14?,15-,16?/m1/s1. The second-order valence-electron chi connectivity index (χ2n) is 7.93. The van der Waals surface area contributed by atoms with Crippen LogP contribution in [-0.4, -0.2) is 35.5 Å². The van der Waals surface area contributed by atoms with Crippen LogP contribution in [0.25, 0.3) is 21.2 Å². The van der Waals surface area contributed by atoms with Gasteiger partial charge in [-0.15, -0.1) is 0 Å². The van der Waals surface area contributed by atoms with Crippen LogP contribution < -0.4 is 10.2 Å². The van der Waals surface area contributed by atoms with Gasteiger partial charge in [-0.05, 0) is 48.4 Å². The first-order chi connectivity index (χ1) is 14.3. The van der Waals surface area contributed by atoms with E-state index in [2.05, 4.69) is 33.4 Å². The number of hydrogen-bond donors (Lipinski definition) is 1. The summed E-state index contributed by atoms with van der Waals surface area (Å²) in [6.07, 6.45) is 4.36. The van der Waals surface area contributed by atoms with Crippen molar-refractivity contribution in [3.63, 3.8) is 0 Å². The summed E-state index contributed by atoms with van der Waals surface area (Å²) in [7, 11) is 0. The number of carbonyl (C=O) groups excluding carboxylic acids is 1. The van der Waals surface area contributed by atoms with Crippen molar-refractivity contribution in [1.82, 2.24) is 15.3 Å². The van der Waals surface area contributed by atoms with Crippen LogP contribution in [0.4, 0.5) is 5.13 Å². The smallest absolute Gasteiger partial charge is 0.287 e. The molecular formula is C22H20N4O2S. The Balaban J connectivity index is 1.01. The van der Waals surface area contributed by atoms with Crippen molar-refractivity contribution < 1.29 is 9.21 Å². The molecule has 1 N–H and O–H groups in total. The number of aromatic nitrogens is 2. The summed E-state index contributed by atoms with van der Waals surface area (Å²) in [5.74, 6) is 2.38. The summed E-state index contributed by atoms with van der Waals surface area (Å²) in [6, 6.07) is 11.9. The summed E-state index contributed by atoms with van der Waals surface area (Å²) < 4.78 is 6.83. The highest BCUT2D eigenvalue weighted by Gasteiger charge is 2.55. The Morgan fingerprint density at radius 3 is 2.93 bits per heavy atom. The number of furan rings is 1. The zero-order chi connectivity index (χ0) is 19.4. The number of pyridine rings is 1. The van der Waals surface area contributed by atoms with Gasteiger partial charge < -0.3 is 14.6 Å². The molecule has 1 aromatic carbocycles. The molecule has 0 radical (unpaired) electrons. The summed E-state index contributed by atoms with van der Waals surface area (Å²) >= 11 is 1.78. The molecule has 2 aliphatic rings. The number of nitrogens with zero attached hydrogens (tertiary/aromatic N) is 3. The molecule has 7 heteroatoms. The second-order valence-corrected chi connectivity index (χ2v) is 8.94. The fraction of sp³-hybridized carbons (Fsp3) is 0.318. The number of fused-ring (bicyclic) bond motifs is 3. The summed E-state index contributed by atoms with van der Waals surface area (Å²) in [6.45, 7) is 2.85. The number of para-hydroxylation sites is 1. The molecule has 3 atom stereocenters. The predicted octanol–water partition coefficient (Wildman–Crippen LogP) is 3.94. The maximum atomic E-state index is 12.3. The Bertz CT molecular complexity index is 1140. The lowest BCUT2D eigenvalue weighted by Gasteiger charge is -2.18. The van der Waals surface area contributed by atoms with Gasteiger partial charge >= 0.3 is 0 Å². The predicted molar refractivity (Wildman–Crippen MR) is 113 cm³/mol. The number of benzene rings is 1. The Morgan fingerprint density at radius 1 is 1.24 bits per heavy atom. The zero-order valence-electron chi connectivity index (χ0n) is 15.7. The zero-order valence-corrected chi connectivity index (χ0v) is 16.6. The number of carbonyl (C=O) groups is 1. The monoisotopic (exact) mass is 404 g/mol. The molecule has 2 fully saturated rings. The fourth-order valence-electron chi connectivity index (χ4n) is 4.66. The van der Waals surface area contributed by atoms with Crippen molar-refractivity contribution in [3.05, 3.63) is 54.6 Å². The molecule has 1 aliphatic heterocycles. The maximum absolute atomic E-state index is 12.3. The summed E-state index contributed by atoms with van der Waals surface area (Å²) in [5, 5.41) is 5.05. The van der Waals surface area contributed by atoms with Crippen molar-refractivity contribution in [2.75, 3.05) is 24.5 Å². The molecule has 0 bridgehead atoms. The topological polar surface area (TPSA) is 71.3 Å². The van der Waals surface area contributed by atoms with Gasteiger partial charge in [0.15, 0.2) is 16.5 Å². The van der Waals surface area contributed by atoms with E-state index < -0.39 is 0 Å². The number of anilines is 1. The first-order valence-electron chi connectivity index (χ1n) is 9.98. The van der Waals surface area contributed by atoms with E-state index >= 15 is 0 Å². The molecule has 1 amide bonds. The van der Waals surface area contributed by atoms with Crippen molar-refractivity contribution in [1.29, 1.82) is 0 Å². The molecule has 1 saturated heterocycles. The van der Waals surface area contributed by atoms with Crippen LogP contribution >= 0.6 is 11.3 Å². The van der Waals surface area contributed by atoms with Crippen LogP contribution in [0.15, 0.2) is 53.2 Å². The summed E-state index contributed by atoms with van der Waals surface area (Å²) in [4.78, 5) is 23.6. The number of rotatable bonds is 5. The van der Waals surface area contributed by atoms with Gasteiger partial charge in [-0.25, -0.2) is 4.98 Å². The average Bonchev–Trinajstić information content (AvgIpc) is 3.20. The van der Waals surface area contributed by atoms with Gasteiger partial charge in [-0.3, -0.25) is 9.78 Å². The highest BCUT2D eigenvalue weighted by atomic mass is 32.1. The van der Waals surface area contributed by atoms with Crippen LogP contribution in [0, 0.1) is 17.8 Å². The second kappa shape index (κ2) is 6.56. The first kappa shape index (κ1) is 17.0. The van der Waals surface area contributed by atoms with Gasteiger partial charge in [0.05, 0.1) is 16.4 Å². The number of piperidine rings is 1. The molecule has 6 rings (SSSR count). The normalized spacial score (nSPS) is 22.9. The third kappa shape index (κ3) is 2.97. The van der Waals surface area contributed by atoms with Crippen molar-refractivity contribution in [3.8, 4) is 0 Å². The molecule has 1 aliphatic carbocycles. The lowest BCUT2D eigenvalue weighted by molar-refractivity contribution is 0.0926.